The van der Waals surface area contributed by atoms with E-state index in [9.17, 15) is 4.79 Å². The Labute approximate surface area is 156 Å². The SMILES string of the molecule is N#Cc1ccccc1OCC(=O)NCCc1cc(Cl)c2c(c1)OCCO2. The molecule has 1 amide bonds. The summed E-state index contributed by atoms with van der Waals surface area (Å²) < 4.78 is 16.4. The number of fused-ring (bicyclic) bond motifs is 1. The van der Waals surface area contributed by atoms with E-state index in [1.165, 1.54) is 0 Å². The van der Waals surface area contributed by atoms with Crippen molar-refractivity contribution in [2.45, 2.75) is 6.42 Å². The molecule has 2 aromatic carbocycles. The molecular formula is C19H17ClN2O4. The molecule has 2 aromatic rings. The van der Waals surface area contributed by atoms with Crippen molar-refractivity contribution in [1.82, 2.24) is 5.32 Å². The van der Waals surface area contributed by atoms with Crippen molar-refractivity contribution in [1.29, 1.82) is 5.26 Å². The van der Waals surface area contributed by atoms with Crippen molar-refractivity contribution in [2.24, 2.45) is 0 Å². The molecule has 0 spiro atoms. The molecule has 0 unspecified atom stereocenters. The molecular weight excluding hydrogens is 356 g/mol. The maximum atomic E-state index is 11.9. The highest BCUT2D eigenvalue weighted by molar-refractivity contribution is 6.32. The number of amides is 1. The van der Waals surface area contributed by atoms with Gasteiger partial charge in [0, 0.05) is 6.54 Å². The minimum atomic E-state index is -0.263. The van der Waals surface area contributed by atoms with Gasteiger partial charge in [-0.3, -0.25) is 4.79 Å². The average molecular weight is 373 g/mol. The molecule has 0 saturated carbocycles. The Balaban J connectivity index is 1.48. The lowest BCUT2D eigenvalue weighted by atomic mass is 10.1. The number of carbonyl (C=O) groups excluding carboxylic acids is 1. The molecule has 0 fully saturated rings. The maximum absolute atomic E-state index is 11.9. The lowest BCUT2D eigenvalue weighted by molar-refractivity contribution is -0.123. The fourth-order valence-corrected chi connectivity index (χ4v) is 2.82. The third kappa shape index (κ3) is 4.38. The Morgan fingerprint density at radius 2 is 2.08 bits per heavy atom. The lowest BCUT2D eigenvalue weighted by Gasteiger charge is -2.20. The smallest absolute Gasteiger partial charge is 0.257 e. The number of rotatable bonds is 6. The molecule has 26 heavy (non-hydrogen) atoms. The van der Waals surface area contributed by atoms with Crippen LogP contribution in [-0.4, -0.2) is 32.3 Å². The van der Waals surface area contributed by atoms with E-state index >= 15 is 0 Å². The van der Waals surface area contributed by atoms with Crippen LogP contribution < -0.4 is 19.5 Å². The molecule has 134 valence electrons. The van der Waals surface area contributed by atoms with Crippen molar-refractivity contribution in [2.75, 3.05) is 26.4 Å². The fraction of sp³-hybridized carbons (Fsp3) is 0.263. The van der Waals surface area contributed by atoms with E-state index in [2.05, 4.69) is 5.32 Å². The molecule has 6 nitrogen and oxygen atoms in total. The Morgan fingerprint density at radius 3 is 2.92 bits per heavy atom. The van der Waals surface area contributed by atoms with Gasteiger partial charge in [0.25, 0.3) is 5.91 Å². The predicted octanol–water partition coefficient (Wildman–Crippen LogP) is 2.72. The summed E-state index contributed by atoms with van der Waals surface area (Å²) in [6, 6.07) is 12.5. The zero-order valence-corrected chi connectivity index (χ0v) is 14.7. The van der Waals surface area contributed by atoms with Gasteiger partial charge in [0.2, 0.25) is 0 Å². The third-order valence-electron chi connectivity index (χ3n) is 3.76. The van der Waals surface area contributed by atoms with E-state index in [-0.39, 0.29) is 12.5 Å². The summed E-state index contributed by atoms with van der Waals surface area (Å²) in [5.74, 6) is 1.32. The van der Waals surface area contributed by atoms with Crippen LogP contribution in [0.15, 0.2) is 36.4 Å². The monoisotopic (exact) mass is 372 g/mol. The topological polar surface area (TPSA) is 80.6 Å². The van der Waals surface area contributed by atoms with Gasteiger partial charge in [-0.15, -0.1) is 0 Å². The van der Waals surface area contributed by atoms with Crippen LogP contribution in [0.5, 0.6) is 17.2 Å². The van der Waals surface area contributed by atoms with E-state index < -0.39 is 0 Å². The summed E-state index contributed by atoms with van der Waals surface area (Å²) in [5, 5.41) is 12.3. The molecule has 0 radical (unpaired) electrons. The first-order valence-electron chi connectivity index (χ1n) is 8.14. The highest BCUT2D eigenvalue weighted by Gasteiger charge is 2.16. The van der Waals surface area contributed by atoms with Gasteiger partial charge in [0.15, 0.2) is 18.1 Å². The first kappa shape index (κ1) is 17.9. The number of ether oxygens (including phenoxy) is 3. The molecule has 1 N–H and O–H groups in total. The number of carbonyl (C=O) groups is 1. The number of nitrogens with zero attached hydrogens (tertiary/aromatic N) is 1. The first-order valence-corrected chi connectivity index (χ1v) is 8.52. The molecule has 0 saturated heterocycles. The summed E-state index contributed by atoms with van der Waals surface area (Å²) in [4.78, 5) is 11.9. The third-order valence-corrected chi connectivity index (χ3v) is 4.04. The zero-order valence-electron chi connectivity index (χ0n) is 14.0. The Kier molecular flexibility index (Phi) is 5.82. The number of hydrogen-bond donors (Lipinski definition) is 1. The maximum Gasteiger partial charge on any atom is 0.257 e. The highest BCUT2D eigenvalue weighted by atomic mass is 35.5. The van der Waals surface area contributed by atoms with Crippen LogP contribution in [0.3, 0.4) is 0 Å². The van der Waals surface area contributed by atoms with Gasteiger partial charge in [0.05, 0.1) is 10.6 Å². The van der Waals surface area contributed by atoms with Crippen LogP contribution in [0, 0.1) is 11.3 Å². The molecule has 0 aliphatic carbocycles. The number of benzene rings is 2. The summed E-state index contributed by atoms with van der Waals surface area (Å²) in [5.41, 5.74) is 1.33. The number of hydrogen-bond acceptors (Lipinski definition) is 5. The molecule has 0 aromatic heterocycles. The largest absolute Gasteiger partial charge is 0.486 e. The van der Waals surface area contributed by atoms with Crippen molar-refractivity contribution >= 4 is 17.5 Å². The predicted molar refractivity (Wildman–Crippen MR) is 95.8 cm³/mol. The van der Waals surface area contributed by atoms with Gasteiger partial charge < -0.3 is 19.5 Å². The van der Waals surface area contributed by atoms with Gasteiger partial charge >= 0.3 is 0 Å². The van der Waals surface area contributed by atoms with Crippen molar-refractivity contribution in [3.63, 3.8) is 0 Å². The quantitative estimate of drug-likeness (QED) is 0.843. The summed E-state index contributed by atoms with van der Waals surface area (Å²) in [7, 11) is 0. The number of nitriles is 1. The van der Waals surface area contributed by atoms with Gasteiger partial charge in [-0.05, 0) is 36.2 Å². The molecule has 7 heteroatoms. The van der Waals surface area contributed by atoms with E-state index in [0.717, 1.165) is 5.56 Å². The van der Waals surface area contributed by atoms with Gasteiger partial charge in [-0.25, -0.2) is 0 Å². The van der Waals surface area contributed by atoms with Crippen LogP contribution in [-0.2, 0) is 11.2 Å². The zero-order chi connectivity index (χ0) is 18.4. The van der Waals surface area contributed by atoms with Crippen LogP contribution in [0.4, 0.5) is 0 Å². The van der Waals surface area contributed by atoms with Crippen molar-refractivity contribution in [3.05, 3.63) is 52.5 Å². The van der Waals surface area contributed by atoms with E-state index in [1.807, 2.05) is 12.1 Å². The minimum absolute atomic E-state index is 0.152. The Morgan fingerprint density at radius 1 is 1.27 bits per heavy atom. The number of nitrogens with one attached hydrogen (secondary N) is 1. The molecule has 0 bridgehead atoms. The molecule has 1 aliphatic rings. The number of para-hydroxylation sites is 1. The summed E-state index contributed by atoms with van der Waals surface area (Å²) in [6.07, 6.45) is 0.594. The average Bonchev–Trinajstić information content (AvgIpc) is 2.66. The van der Waals surface area contributed by atoms with Crippen molar-refractivity contribution < 1.29 is 19.0 Å². The van der Waals surface area contributed by atoms with Crippen LogP contribution in [0.25, 0.3) is 0 Å². The van der Waals surface area contributed by atoms with Crippen molar-refractivity contribution in [3.8, 4) is 23.3 Å². The van der Waals surface area contributed by atoms with Crippen LogP contribution >= 0.6 is 11.6 Å². The standard InChI is InChI=1S/C19H17ClN2O4/c20-15-9-13(10-17-19(15)25-8-7-24-17)5-6-22-18(23)12-26-16-4-2-1-3-14(16)11-21/h1-4,9-10H,5-8,12H2,(H,22,23). The second kappa shape index (κ2) is 8.45. The van der Waals surface area contributed by atoms with Crippen LogP contribution in [0.1, 0.15) is 11.1 Å². The molecule has 1 heterocycles. The molecule has 3 rings (SSSR count). The molecule has 1 aliphatic heterocycles. The second-order valence-corrected chi connectivity index (χ2v) is 6.01. The van der Waals surface area contributed by atoms with E-state index in [1.54, 1.807) is 30.3 Å². The van der Waals surface area contributed by atoms with Gasteiger partial charge in [-0.1, -0.05) is 23.7 Å². The van der Waals surface area contributed by atoms with E-state index in [4.69, 9.17) is 31.1 Å². The van der Waals surface area contributed by atoms with Crippen LogP contribution in [0.2, 0.25) is 5.02 Å². The van der Waals surface area contributed by atoms with Gasteiger partial charge in [-0.2, -0.15) is 5.26 Å². The normalized spacial score (nSPS) is 12.2. The summed E-state index contributed by atoms with van der Waals surface area (Å²) >= 11 is 6.20. The number of halogens is 1. The second-order valence-electron chi connectivity index (χ2n) is 5.60. The summed E-state index contributed by atoms with van der Waals surface area (Å²) in [6.45, 7) is 1.25. The lowest BCUT2D eigenvalue weighted by Crippen LogP contribution is -2.30. The Bertz CT molecular complexity index is 848. The highest BCUT2D eigenvalue weighted by Crippen LogP contribution is 2.38. The Hall–Kier alpha value is -2.91. The molecule has 0 atom stereocenters. The fourth-order valence-electron chi connectivity index (χ4n) is 2.53. The first-order chi connectivity index (χ1) is 12.7. The minimum Gasteiger partial charge on any atom is -0.486 e. The van der Waals surface area contributed by atoms with E-state index in [0.29, 0.717) is 54.0 Å². The van der Waals surface area contributed by atoms with Gasteiger partial charge in [0.1, 0.15) is 25.0 Å².